The maximum Gasteiger partial charge on any atom is 0.338 e. The highest BCUT2D eigenvalue weighted by molar-refractivity contribution is 5.80. The van der Waals surface area contributed by atoms with Crippen LogP contribution < -0.4 is 0 Å². The van der Waals surface area contributed by atoms with Gasteiger partial charge in [0.05, 0.1) is 6.61 Å². The molecule has 2 rings (SSSR count). The fourth-order valence-corrected chi connectivity index (χ4v) is 1.32. The van der Waals surface area contributed by atoms with E-state index in [1.165, 1.54) is 12.1 Å². The largest absolute Gasteiger partial charge is 0.479 e. The van der Waals surface area contributed by atoms with Crippen LogP contribution in [0, 0.1) is 5.82 Å². The minimum absolute atomic E-state index is 0.236. The van der Waals surface area contributed by atoms with Gasteiger partial charge in [-0.1, -0.05) is 12.1 Å². The maximum atomic E-state index is 12.5. The Morgan fingerprint density at radius 2 is 2.07 bits per heavy atom. The zero-order valence-electron chi connectivity index (χ0n) is 7.37. The van der Waals surface area contributed by atoms with Gasteiger partial charge in [-0.2, -0.15) is 0 Å². The van der Waals surface area contributed by atoms with Gasteiger partial charge in [0.2, 0.25) is 0 Å². The Labute approximate surface area is 80.1 Å². The average Bonchev–Trinajstić information content (AvgIpc) is 2.90. The lowest BCUT2D eigenvalue weighted by Crippen LogP contribution is -2.26. The van der Waals surface area contributed by atoms with Gasteiger partial charge in [-0.25, -0.2) is 9.18 Å². The van der Waals surface area contributed by atoms with E-state index in [1.807, 2.05) is 0 Å². The van der Waals surface area contributed by atoms with Crippen LogP contribution in [0.2, 0.25) is 0 Å². The van der Waals surface area contributed by atoms with Crippen LogP contribution in [-0.2, 0) is 16.0 Å². The van der Waals surface area contributed by atoms with Crippen molar-refractivity contribution in [1.82, 2.24) is 0 Å². The molecule has 0 radical (unpaired) electrons. The predicted octanol–water partition coefficient (Wildman–Crippen LogP) is 1.22. The third-order valence-corrected chi connectivity index (χ3v) is 2.29. The molecular formula is C10H9FO3. The fourth-order valence-electron chi connectivity index (χ4n) is 1.32. The third kappa shape index (κ3) is 1.61. The summed E-state index contributed by atoms with van der Waals surface area (Å²) in [5.41, 5.74) is -0.288. The molecule has 0 spiro atoms. The molecule has 1 unspecified atom stereocenters. The number of benzene rings is 1. The Bertz CT molecular complexity index is 354. The number of carboxylic acids is 1. The molecule has 3 nitrogen and oxygen atoms in total. The molecule has 14 heavy (non-hydrogen) atoms. The summed E-state index contributed by atoms with van der Waals surface area (Å²) in [6.07, 6.45) is 0.294. The lowest BCUT2D eigenvalue weighted by Gasteiger charge is -2.05. The van der Waals surface area contributed by atoms with Crippen molar-refractivity contribution in [3.8, 4) is 0 Å². The molecule has 1 aromatic carbocycles. The van der Waals surface area contributed by atoms with E-state index in [1.54, 1.807) is 12.1 Å². The number of carboxylic acid groups (broad SMARTS) is 1. The zero-order chi connectivity index (χ0) is 10.2. The van der Waals surface area contributed by atoms with Gasteiger partial charge in [-0.3, -0.25) is 0 Å². The van der Waals surface area contributed by atoms with Crippen molar-refractivity contribution in [2.24, 2.45) is 0 Å². The second-order valence-corrected chi connectivity index (χ2v) is 3.39. The van der Waals surface area contributed by atoms with Gasteiger partial charge in [-0.05, 0) is 17.7 Å². The molecule has 0 bridgehead atoms. The Morgan fingerprint density at radius 3 is 2.50 bits per heavy atom. The number of hydrogen-bond acceptors (Lipinski definition) is 2. The van der Waals surface area contributed by atoms with Crippen LogP contribution in [0.5, 0.6) is 0 Å². The van der Waals surface area contributed by atoms with Crippen molar-refractivity contribution in [2.45, 2.75) is 12.0 Å². The molecule has 1 aromatic rings. The number of hydrogen-bond donors (Lipinski definition) is 1. The van der Waals surface area contributed by atoms with Crippen molar-refractivity contribution in [3.63, 3.8) is 0 Å². The lowest BCUT2D eigenvalue weighted by molar-refractivity contribution is -0.143. The highest BCUT2D eigenvalue weighted by Gasteiger charge is 2.52. The first-order valence-electron chi connectivity index (χ1n) is 4.24. The minimum Gasteiger partial charge on any atom is -0.479 e. The molecular weight excluding hydrogens is 187 g/mol. The van der Waals surface area contributed by atoms with Gasteiger partial charge >= 0.3 is 5.97 Å². The molecule has 1 saturated heterocycles. The standard InChI is InChI=1S/C10H9FO3/c11-8-3-1-7(2-4-8)5-10(6-14-10)9(12)13/h1-4H,5-6H2,(H,12,13). The van der Waals surface area contributed by atoms with E-state index in [9.17, 15) is 9.18 Å². The van der Waals surface area contributed by atoms with E-state index in [0.29, 0.717) is 6.42 Å². The summed E-state index contributed by atoms with van der Waals surface area (Å²) in [7, 11) is 0. The van der Waals surface area contributed by atoms with E-state index < -0.39 is 11.6 Å². The van der Waals surface area contributed by atoms with Crippen LogP contribution in [0.1, 0.15) is 5.56 Å². The zero-order valence-corrected chi connectivity index (χ0v) is 7.37. The topological polar surface area (TPSA) is 49.8 Å². The van der Waals surface area contributed by atoms with Gasteiger partial charge in [0, 0.05) is 6.42 Å². The van der Waals surface area contributed by atoms with Crippen LogP contribution in [0.15, 0.2) is 24.3 Å². The van der Waals surface area contributed by atoms with Crippen LogP contribution in [0.3, 0.4) is 0 Å². The second-order valence-electron chi connectivity index (χ2n) is 3.39. The Kier molecular flexibility index (Phi) is 2.00. The molecule has 74 valence electrons. The molecule has 1 aliphatic rings. The van der Waals surface area contributed by atoms with Crippen LogP contribution >= 0.6 is 0 Å². The van der Waals surface area contributed by atoms with Gasteiger partial charge in [-0.15, -0.1) is 0 Å². The molecule has 1 fully saturated rings. The predicted molar refractivity (Wildman–Crippen MR) is 46.4 cm³/mol. The molecule has 1 aliphatic heterocycles. The van der Waals surface area contributed by atoms with Crippen LogP contribution in [-0.4, -0.2) is 23.3 Å². The van der Waals surface area contributed by atoms with E-state index >= 15 is 0 Å². The summed E-state index contributed by atoms with van der Waals surface area (Å²) in [6.45, 7) is 0.236. The van der Waals surface area contributed by atoms with E-state index in [2.05, 4.69) is 0 Å². The number of rotatable bonds is 3. The van der Waals surface area contributed by atoms with Crippen molar-refractivity contribution in [2.75, 3.05) is 6.61 Å². The van der Waals surface area contributed by atoms with Crippen LogP contribution in [0.4, 0.5) is 4.39 Å². The monoisotopic (exact) mass is 196 g/mol. The van der Waals surface area contributed by atoms with Crippen molar-refractivity contribution >= 4 is 5.97 Å². The van der Waals surface area contributed by atoms with E-state index in [-0.39, 0.29) is 12.4 Å². The van der Waals surface area contributed by atoms with Gasteiger partial charge in [0.15, 0.2) is 5.60 Å². The normalized spacial score (nSPS) is 24.6. The molecule has 4 heteroatoms. The first-order chi connectivity index (χ1) is 6.62. The smallest absolute Gasteiger partial charge is 0.338 e. The molecule has 0 amide bonds. The molecule has 1 heterocycles. The number of carbonyl (C=O) groups is 1. The fraction of sp³-hybridized carbons (Fsp3) is 0.300. The average molecular weight is 196 g/mol. The first-order valence-corrected chi connectivity index (χ1v) is 4.24. The summed E-state index contributed by atoms with van der Waals surface area (Å²) < 4.78 is 17.4. The summed E-state index contributed by atoms with van der Waals surface area (Å²) in [5.74, 6) is -1.28. The highest BCUT2D eigenvalue weighted by Crippen LogP contribution is 2.31. The number of epoxide rings is 1. The Morgan fingerprint density at radius 1 is 1.50 bits per heavy atom. The number of halogens is 1. The number of aliphatic carboxylic acids is 1. The SMILES string of the molecule is O=C(O)C1(Cc2ccc(F)cc2)CO1. The minimum atomic E-state index is -1.06. The van der Waals surface area contributed by atoms with Crippen molar-refractivity contribution < 1.29 is 19.0 Å². The summed E-state index contributed by atoms with van der Waals surface area (Å²) in [4.78, 5) is 10.8. The molecule has 1 N–H and O–H groups in total. The molecule has 0 aliphatic carbocycles. The van der Waals surface area contributed by atoms with Crippen LogP contribution in [0.25, 0.3) is 0 Å². The van der Waals surface area contributed by atoms with E-state index in [0.717, 1.165) is 5.56 Å². The molecule has 0 saturated carbocycles. The van der Waals surface area contributed by atoms with Crippen molar-refractivity contribution in [3.05, 3.63) is 35.6 Å². The Balaban J connectivity index is 2.11. The summed E-state index contributed by atoms with van der Waals surface area (Å²) >= 11 is 0. The summed E-state index contributed by atoms with van der Waals surface area (Å²) in [5, 5.41) is 8.82. The lowest BCUT2D eigenvalue weighted by atomic mass is 10.0. The summed E-state index contributed by atoms with van der Waals surface area (Å²) in [6, 6.07) is 5.77. The molecule has 0 aromatic heterocycles. The van der Waals surface area contributed by atoms with Gasteiger partial charge in [0.25, 0.3) is 0 Å². The van der Waals surface area contributed by atoms with Gasteiger partial charge in [0.1, 0.15) is 5.82 Å². The first kappa shape index (κ1) is 9.15. The Hall–Kier alpha value is -1.42. The van der Waals surface area contributed by atoms with Gasteiger partial charge < -0.3 is 9.84 Å². The maximum absolute atomic E-state index is 12.5. The quantitative estimate of drug-likeness (QED) is 0.739. The number of ether oxygens (including phenoxy) is 1. The second kappa shape index (κ2) is 3.06. The van der Waals surface area contributed by atoms with E-state index in [4.69, 9.17) is 9.84 Å². The third-order valence-electron chi connectivity index (χ3n) is 2.29. The highest BCUT2D eigenvalue weighted by atomic mass is 19.1. The van der Waals surface area contributed by atoms with Crippen molar-refractivity contribution in [1.29, 1.82) is 0 Å². The molecule has 1 atom stereocenters.